The van der Waals surface area contributed by atoms with Gasteiger partial charge >= 0.3 is 23.5 Å². The molecule has 3 aliphatic carbocycles. The minimum Gasteiger partial charge on any atom is -0.389 e. The lowest BCUT2D eigenvalue weighted by Gasteiger charge is -2.50. The molecule has 1 aliphatic heterocycles. The summed E-state index contributed by atoms with van der Waals surface area (Å²) < 4.78 is 61.8. The molecule has 0 aromatic carbocycles. The minimum atomic E-state index is -5.56. The largest absolute Gasteiger partial charge is 0.481 e. The highest BCUT2D eigenvalue weighted by atomic mass is 32.2. The summed E-state index contributed by atoms with van der Waals surface area (Å²) in [7, 11) is -16.4. The van der Waals surface area contributed by atoms with Crippen molar-refractivity contribution in [1.82, 2.24) is 30.2 Å². The van der Waals surface area contributed by atoms with Gasteiger partial charge in [-0.25, -0.2) is 28.6 Å². The van der Waals surface area contributed by atoms with Gasteiger partial charge in [0.1, 0.15) is 36.3 Å². The zero-order valence-corrected chi connectivity index (χ0v) is 45.1. The molecule has 2 aromatic heterocycles. The van der Waals surface area contributed by atoms with E-state index in [9.17, 15) is 63.0 Å². The number of carbonyl (C=O) groups is 3. The summed E-state index contributed by atoms with van der Waals surface area (Å²) in [5.41, 5.74) is 9.23. The van der Waals surface area contributed by atoms with E-state index in [1.807, 2.05) is 0 Å². The normalized spacial score (nSPS) is 29.2. The highest BCUT2D eigenvalue weighted by Gasteiger charge is 2.51. The van der Waals surface area contributed by atoms with E-state index in [0.29, 0.717) is 16.6 Å². The van der Waals surface area contributed by atoms with Crippen molar-refractivity contribution in [2.24, 2.45) is 28.1 Å². The quantitative estimate of drug-likeness (QED) is 0.0703. The van der Waals surface area contributed by atoms with Gasteiger partial charge in [-0.3, -0.25) is 32.5 Å². The first-order valence-corrected chi connectivity index (χ1v) is 28.9. The number of anilines is 1. The predicted octanol–water partition coefficient (Wildman–Crippen LogP) is 3.94. The lowest BCUT2D eigenvalue weighted by Crippen LogP contribution is -2.46. The smallest absolute Gasteiger partial charge is 0.389 e. The van der Waals surface area contributed by atoms with Gasteiger partial charge in [-0.2, -0.15) is 4.31 Å². The molecule has 29 heteroatoms. The molecule has 11 atom stereocenters. The molecule has 2 fully saturated rings. The molecule has 11 N–H and O–H groups in total. The standard InChI is InChI=1S/C23H38N7O17P3S.C20H32O/c1-12(31)51-7-6-25-14(32)4-5-26-21(35)18(34)23(2,3)9-44-50(41,42)47-49(39,40)43-8-13-17(46-48(36,37)38)16(33)22(45-13)30-11-29-15-19(24)27-10-28-20(15)30;1-13-6-7-15-12-17-14(2)18(21)9-11-20(17,5)10-8-16(13)19(15,3)4/h10-11,13,16-18,22,33-34H,4-9H2,1-3H3,(H,25,32)(H,26,35)(H,39,40)(H,41,42)(H2,24,27,28)(H2,36,37,38);12-13,16,18,21H,6-11H2,1-5H3/b;15-12-/t13-,16-,17-,18+,22-;13-,16+,18+,20-/m11/s1. The third kappa shape index (κ3) is 15.3. The number of phosphoric ester groups is 3. The molecule has 1 saturated heterocycles. The van der Waals surface area contributed by atoms with Crippen LogP contribution in [0, 0.1) is 28.1 Å². The summed E-state index contributed by atoms with van der Waals surface area (Å²) in [4.78, 5) is 85.9. The van der Waals surface area contributed by atoms with Crippen LogP contribution in [0.5, 0.6) is 0 Å². The summed E-state index contributed by atoms with van der Waals surface area (Å²) in [6.45, 7) is 13.9. The van der Waals surface area contributed by atoms with Crippen LogP contribution in [0.1, 0.15) is 107 Å². The number of allylic oxidation sites excluding steroid dienone is 3. The van der Waals surface area contributed by atoms with Crippen LogP contribution in [0.2, 0.25) is 0 Å². The number of fused-ring (bicyclic) bond motifs is 4. The van der Waals surface area contributed by atoms with Crippen LogP contribution >= 0.6 is 35.2 Å². The number of rotatable bonds is 19. The first kappa shape index (κ1) is 59.9. The summed E-state index contributed by atoms with van der Waals surface area (Å²) >= 11 is 1.03. The van der Waals surface area contributed by atoms with Crippen molar-refractivity contribution in [3.05, 3.63) is 35.4 Å². The van der Waals surface area contributed by atoms with Crippen molar-refractivity contribution in [1.29, 1.82) is 0 Å². The van der Waals surface area contributed by atoms with Crippen molar-refractivity contribution in [3.63, 3.8) is 0 Å². The molecule has 3 heterocycles. The monoisotopic (exact) mass is 1100 g/mol. The SMILES string of the molecule is CC(=O)SCCNC(=O)CCNC(=O)[C@H](O)C(C)(C)COP(=O)(O)OP(=O)(O)OC[C@H]1O[C@@H](n2cnc3c(N)ncnc32)[C@H](O)[C@@H]1OP(=O)(O)O.CC1=C2/C=C3/CC[C@@H](C)[C@H](CC[C@]2(C)CC[C@@H]1O)C3(C)C. The highest BCUT2D eigenvalue weighted by molar-refractivity contribution is 8.13. The Morgan fingerprint density at radius 1 is 1.00 bits per heavy atom. The number of imidazole rings is 1. The molecule has 2 unspecified atom stereocenters. The van der Waals surface area contributed by atoms with Gasteiger partial charge in [0, 0.05) is 37.6 Å². The molecule has 6 rings (SSSR count). The number of nitrogens with zero attached hydrogens (tertiary/aromatic N) is 4. The Morgan fingerprint density at radius 3 is 2.33 bits per heavy atom. The minimum absolute atomic E-state index is 0.0310. The third-order valence-corrected chi connectivity index (χ3v) is 17.9. The maximum atomic E-state index is 12.6. The molecule has 2 amide bonds. The molecule has 1 saturated carbocycles. The van der Waals surface area contributed by atoms with Crippen molar-refractivity contribution in [3.8, 4) is 0 Å². The Morgan fingerprint density at radius 2 is 1.67 bits per heavy atom. The number of carbonyl (C=O) groups excluding carboxylic acids is 3. The zero-order valence-electron chi connectivity index (χ0n) is 41.6. The molecule has 2 bridgehead atoms. The van der Waals surface area contributed by atoms with Crippen LogP contribution in [-0.2, 0) is 50.7 Å². The molecule has 2 aromatic rings. The van der Waals surface area contributed by atoms with Gasteiger partial charge < -0.3 is 56.0 Å². The van der Waals surface area contributed by atoms with Crippen molar-refractivity contribution < 1.29 is 85.6 Å². The molecule has 406 valence electrons. The summed E-state index contributed by atoms with van der Waals surface area (Å²) in [5, 5.41) is 36.4. The van der Waals surface area contributed by atoms with E-state index in [4.69, 9.17) is 19.5 Å². The Kier molecular flexibility index (Phi) is 19.9. The van der Waals surface area contributed by atoms with E-state index in [-0.39, 0.29) is 47.7 Å². The number of hydrogen-bond acceptors (Lipinski definition) is 19. The first-order chi connectivity index (χ1) is 33.3. The van der Waals surface area contributed by atoms with Gasteiger partial charge in [0.15, 0.2) is 22.8 Å². The van der Waals surface area contributed by atoms with E-state index in [0.717, 1.165) is 53.7 Å². The van der Waals surface area contributed by atoms with Gasteiger partial charge in [-0.15, -0.1) is 0 Å². The van der Waals surface area contributed by atoms with Gasteiger partial charge in [0.2, 0.25) is 11.8 Å². The van der Waals surface area contributed by atoms with Crippen molar-refractivity contribution >= 4 is 69.1 Å². The molecule has 25 nitrogen and oxygen atoms in total. The lowest BCUT2D eigenvalue weighted by atomic mass is 9.55. The number of aliphatic hydroxyl groups excluding tert-OH is 3. The molecule has 72 heavy (non-hydrogen) atoms. The van der Waals surface area contributed by atoms with E-state index in [1.54, 1.807) is 5.57 Å². The number of ether oxygens (including phenoxy) is 1. The Labute approximate surface area is 421 Å². The van der Waals surface area contributed by atoms with Gasteiger partial charge in [-0.05, 0) is 79.3 Å². The zero-order chi connectivity index (χ0) is 53.8. The number of phosphoric acid groups is 3. The number of amides is 2. The van der Waals surface area contributed by atoms with Crippen LogP contribution in [0.4, 0.5) is 5.82 Å². The molecular formula is C43H70N7O18P3S. The number of nitrogens with one attached hydrogen (secondary N) is 2. The Balaban J connectivity index is 0.000000377. The van der Waals surface area contributed by atoms with Gasteiger partial charge in [-0.1, -0.05) is 65.0 Å². The second-order valence-electron chi connectivity index (χ2n) is 20.2. The van der Waals surface area contributed by atoms with E-state index in [2.05, 4.69) is 75.1 Å². The number of aromatic nitrogens is 4. The Bertz CT molecular complexity index is 2500. The average Bonchev–Trinajstić information content (AvgIpc) is 3.84. The maximum Gasteiger partial charge on any atom is 0.481 e. The predicted molar refractivity (Wildman–Crippen MR) is 262 cm³/mol. The summed E-state index contributed by atoms with van der Waals surface area (Å²) in [6, 6.07) is 0. The van der Waals surface area contributed by atoms with Crippen LogP contribution < -0.4 is 16.4 Å². The fraction of sp³-hybridized carbons (Fsp3) is 0.721. The lowest BCUT2D eigenvalue weighted by molar-refractivity contribution is -0.137. The number of nitrogens with two attached hydrogens (primary N) is 1. The second-order valence-corrected chi connectivity index (χ2v) is 25.7. The van der Waals surface area contributed by atoms with Crippen LogP contribution in [0.3, 0.4) is 0 Å². The highest BCUT2D eigenvalue weighted by Crippen LogP contribution is 2.61. The van der Waals surface area contributed by atoms with Crippen LogP contribution in [0.15, 0.2) is 35.4 Å². The van der Waals surface area contributed by atoms with Gasteiger partial charge in [0.05, 0.1) is 25.6 Å². The fourth-order valence-electron chi connectivity index (χ4n) is 9.74. The first-order valence-electron chi connectivity index (χ1n) is 23.4. The summed E-state index contributed by atoms with van der Waals surface area (Å²) in [6.07, 6.45) is 2.71. The van der Waals surface area contributed by atoms with E-state index >= 15 is 0 Å². The molecule has 0 spiro atoms. The van der Waals surface area contributed by atoms with Crippen molar-refractivity contribution in [2.45, 2.75) is 137 Å². The maximum absolute atomic E-state index is 12.6. The fourth-order valence-corrected chi connectivity index (χ4v) is 13.1. The van der Waals surface area contributed by atoms with Crippen LogP contribution in [0.25, 0.3) is 11.2 Å². The molecular weight excluding hydrogens is 1030 g/mol. The second kappa shape index (κ2) is 23.9. The number of nitrogen functional groups attached to an aromatic ring is 1. The average molecular weight is 1100 g/mol. The Hall–Kier alpha value is -3.00. The third-order valence-electron chi connectivity index (χ3n) is 14.0. The van der Waals surface area contributed by atoms with E-state index < -0.39 is 84.6 Å². The topological polar surface area (TPSA) is 384 Å². The molecule has 4 aliphatic rings. The summed E-state index contributed by atoms with van der Waals surface area (Å²) in [5.74, 6) is 0.586. The number of thioether (sulfide) groups is 1. The number of aliphatic hydroxyl groups is 3. The number of hydrogen-bond donors (Lipinski definition) is 10. The van der Waals surface area contributed by atoms with E-state index in [1.165, 1.54) is 57.6 Å². The molecule has 0 radical (unpaired) electrons. The van der Waals surface area contributed by atoms with Gasteiger partial charge in [0.25, 0.3) is 0 Å². The van der Waals surface area contributed by atoms with Crippen molar-refractivity contribution in [2.75, 3.05) is 37.8 Å². The van der Waals surface area contributed by atoms with Crippen LogP contribution in [-0.4, -0.2) is 134 Å².